The number of carbonyl (C=O) groups is 1. The molecule has 2 fully saturated rings. The fraction of sp³-hybridized carbons (Fsp3) is 0.941. The molecule has 0 aromatic carbocycles. The highest BCUT2D eigenvalue weighted by atomic mass is 32.2. The monoisotopic (exact) mass is 359 g/mol. The van der Waals surface area contributed by atoms with E-state index in [9.17, 15) is 13.2 Å². The summed E-state index contributed by atoms with van der Waals surface area (Å²) in [6.45, 7) is 11.9. The molecule has 3 unspecified atom stereocenters. The first-order valence-corrected chi connectivity index (χ1v) is 10.8. The van der Waals surface area contributed by atoms with Crippen molar-refractivity contribution in [3.8, 4) is 0 Å². The summed E-state index contributed by atoms with van der Waals surface area (Å²) in [6.07, 6.45) is 3.79. The van der Waals surface area contributed by atoms with Gasteiger partial charge >= 0.3 is 0 Å². The van der Waals surface area contributed by atoms with E-state index in [0.29, 0.717) is 31.3 Å². The van der Waals surface area contributed by atoms with Gasteiger partial charge in [0.15, 0.2) is 0 Å². The molecule has 1 N–H and O–H groups in total. The van der Waals surface area contributed by atoms with Crippen LogP contribution in [0.3, 0.4) is 0 Å². The van der Waals surface area contributed by atoms with Crippen LogP contribution in [0.5, 0.6) is 0 Å². The van der Waals surface area contributed by atoms with Gasteiger partial charge < -0.3 is 5.32 Å². The Bertz CT molecular complexity index is 551. The fourth-order valence-corrected chi connectivity index (χ4v) is 5.21. The molecule has 24 heavy (non-hydrogen) atoms. The van der Waals surface area contributed by atoms with Gasteiger partial charge in [0.2, 0.25) is 15.9 Å². The van der Waals surface area contributed by atoms with Gasteiger partial charge in [-0.2, -0.15) is 4.31 Å². The smallest absolute Gasteiger partial charge is 0.238 e. The van der Waals surface area contributed by atoms with E-state index in [2.05, 4.69) is 37.9 Å². The normalized spacial score (nSPS) is 30.5. The van der Waals surface area contributed by atoms with Crippen LogP contribution >= 0.6 is 0 Å². The molecule has 2 heterocycles. The molecule has 2 saturated heterocycles. The number of amides is 1. The Labute approximate surface area is 147 Å². The minimum absolute atomic E-state index is 0.132. The lowest BCUT2D eigenvalue weighted by molar-refractivity contribution is -0.124. The van der Waals surface area contributed by atoms with Crippen LogP contribution in [0.2, 0.25) is 0 Å². The van der Waals surface area contributed by atoms with Crippen molar-refractivity contribution in [3.05, 3.63) is 0 Å². The predicted molar refractivity (Wildman–Crippen MR) is 96.2 cm³/mol. The van der Waals surface area contributed by atoms with Gasteiger partial charge in [-0.25, -0.2) is 8.42 Å². The molecule has 1 amide bonds. The van der Waals surface area contributed by atoms with Crippen LogP contribution in [0, 0.1) is 11.8 Å². The fourth-order valence-electron chi connectivity index (χ4n) is 4.09. The average Bonchev–Trinajstić information content (AvgIpc) is 2.93. The van der Waals surface area contributed by atoms with Gasteiger partial charge in [0.25, 0.3) is 0 Å². The van der Waals surface area contributed by atoms with Crippen molar-refractivity contribution in [1.29, 1.82) is 0 Å². The van der Waals surface area contributed by atoms with Gasteiger partial charge in [0.1, 0.15) is 6.04 Å². The minimum Gasteiger partial charge on any atom is -0.353 e. The number of nitrogens with one attached hydrogen (secondary N) is 1. The van der Waals surface area contributed by atoms with Crippen molar-refractivity contribution in [2.45, 2.75) is 58.5 Å². The summed E-state index contributed by atoms with van der Waals surface area (Å²) in [6, 6.07) is -0.546. The quantitative estimate of drug-likeness (QED) is 0.803. The Kier molecular flexibility index (Phi) is 5.98. The first-order chi connectivity index (χ1) is 11.0. The molecule has 3 atom stereocenters. The summed E-state index contributed by atoms with van der Waals surface area (Å²) in [5, 5.41) is 3.01. The molecule has 140 valence electrons. The number of likely N-dealkylation sites (tertiary alicyclic amines) is 1. The van der Waals surface area contributed by atoms with Crippen molar-refractivity contribution < 1.29 is 13.2 Å². The van der Waals surface area contributed by atoms with Gasteiger partial charge in [-0.3, -0.25) is 9.69 Å². The maximum absolute atomic E-state index is 12.5. The molecule has 2 aliphatic rings. The number of nitrogens with zero attached hydrogens (tertiary/aromatic N) is 2. The Morgan fingerprint density at radius 1 is 1.21 bits per heavy atom. The number of rotatable bonds is 5. The van der Waals surface area contributed by atoms with Gasteiger partial charge in [0.05, 0.1) is 6.26 Å². The Balaban J connectivity index is 1.95. The number of carbonyl (C=O) groups excluding carboxylic acids is 1. The van der Waals surface area contributed by atoms with E-state index < -0.39 is 16.1 Å². The highest BCUT2D eigenvalue weighted by Gasteiger charge is 2.38. The van der Waals surface area contributed by atoms with Crippen LogP contribution in [0.4, 0.5) is 0 Å². The van der Waals surface area contributed by atoms with E-state index in [-0.39, 0.29) is 11.4 Å². The van der Waals surface area contributed by atoms with E-state index in [1.54, 1.807) is 0 Å². The van der Waals surface area contributed by atoms with Crippen LogP contribution in [0.25, 0.3) is 0 Å². The SMILES string of the molecule is CC1CC(C)CN(C(C)(C)CNC(=O)C2CCCN2S(C)(=O)=O)C1. The van der Waals surface area contributed by atoms with Crippen molar-refractivity contribution in [1.82, 2.24) is 14.5 Å². The highest BCUT2D eigenvalue weighted by molar-refractivity contribution is 7.88. The third-order valence-corrected chi connectivity index (χ3v) is 6.64. The summed E-state index contributed by atoms with van der Waals surface area (Å²) in [4.78, 5) is 15.0. The molecular weight excluding hydrogens is 326 g/mol. The number of hydrogen-bond acceptors (Lipinski definition) is 4. The summed E-state index contributed by atoms with van der Waals surface area (Å²) in [7, 11) is -3.32. The molecule has 0 saturated carbocycles. The molecule has 2 aliphatic heterocycles. The molecular formula is C17H33N3O3S. The Morgan fingerprint density at radius 2 is 1.79 bits per heavy atom. The van der Waals surface area contributed by atoms with Crippen LogP contribution in [0.1, 0.15) is 47.0 Å². The second-order valence-corrected chi connectivity index (χ2v) is 10.3. The molecule has 7 heteroatoms. The summed E-state index contributed by atoms with van der Waals surface area (Å²) < 4.78 is 24.9. The lowest BCUT2D eigenvalue weighted by Crippen LogP contribution is -2.57. The summed E-state index contributed by atoms with van der Waals surface area (Å²) >= 11 is 0. The maximum Gasteiger partial charge on any atom is 0.238 e. The number of hydrogen-bond donors (Lipinski definition) is 1. The topological polar surface area (TPSA) is 69.7 Å². The van der Waals surface area contributed by atoms with E-state index in [0.717, 1.165) is 19.5 Å². The van der Waals surface area contributed by atoms with E-state index in [1.165, 1.54) is 17.0 Å². The molecule has 0 aliphatic carbocycles. The van der Waals surface area contributed by atoms with E-state index in [4.69, 9.17) is 0 Å². The third-order valence-electron chi connectivity index (χ3n) is 5.35. The number of sulfonamides is 1. The average molecular weight is 360 g/mol. The predicted octanol–water partition coefficient (Wildman–Crippen LogP) is 1.28. The van der Waals surface area contributed by atoms with Gasteiger partial charge in [-0.15, -0.1) is 0 Å². The molecule has 2 rings (SSSR count). The molecule has 0 bridgehead atoms. The second-order valence-electron chi connectivity index (χ2n) is 8.41. The molecule has 6 nitrogen and oxygen atoms in total. The minimum atomic E-state index is -3.32. The zero-order chi connectivity index (χ0) is 18.1. The maximum atomic E-state index is 12.5. The first kappa shape index (κ1) is 19.7. The van der Waals surface area contributed by atoms with E-state index in [1.807, 2.05) is 0 Å². The summed E-state index contributed by atoms with van der Waals surface area (Å²) in [5.74, 6) is 1.17. The largest absolute Gasteiger partial charge is 0.353 e. The van der Waals surface area contributed by atoms with Crippen LogP contribution < -0.4 is 5.32 Å². The first-order valence-electron chi connectivity index (χ1n) is 9.00. The molecule has 0 aromatic rings. The van der Waals surface area contributed by atoms with Crippen molar-refractivity contribution in [2.24, 2.45) is 11.8 Å². The van der Waals surface area contributed by atoms with Crippen LogP contribution in [-0.2, 0) is 14.8 Å². The molecule has 0 spiro atoms. The summed E-state index contributed by atoms with van der Waals surface area (Å²) in [5.41, 5.74) is -0.132. The Morgan fingerprint density at radius 3 is 2.33 bits per heavy atom. The van der Waals surface area contributed by atoms with Gasteiger partial charge in [-0.05, 0) is 44.9 Å². The van der Waals surface area contributed by atoms with Crippen molar-refractivity contribution in [3.63, 3.8) is 0 Å². The van der Waals surface area contributed by atoms with Crippen LogP contribution in [-0.4, -0.2) is 67.5 Å². The third kappa shape index (κ3) is 4.70. The Hall–Kier alpha value is -0.660. The zero-order valence-corrected chi connectivity index (χ0v) is 16.5. The van der Waals surface area contributed by atoms with Crippen LogP contribution in [0.15, 0.2) is 0 Å². The second kappa shape index (κ2) is 7.30. The van der Waals surface area contributed by atoms with E-state index >= 15 is 0 Å². The zero-order valence-electron chi connectivity index (χ0n) is 15.7. The lowest BCUT2D eigenvalue weighted by Gasteiger charge is -2.45. The lowest BCUT2D eigenvalue weighted by atomic mass is 9.88. The van der Waals surface area contributed by atoms with Gasteiger partial charge in [-0.1, -0.05) is 13.8 Å². The standard InChI is InChI=1S/C17H33N3O3S/c1-13-9-14(2)11-19(10-13)17(3,4)12-18-16(21)15-7-6-8-20(15)24(5,22)23/h13-15H,6-12H2,1-5H3,(H,18,21). The van der Waals surface area contributed by atoms with Crippen molar-refractivity contribution in [2.75, 3.05) is 32.4 Å². The van der Waals surface area contributed by atoms with Crippen molar-refractivity contribution >= 4 is 15.9 Å². The van der Waals surface area contributed by atoms with Gasteiger partial charge in [0, 0.05) is 31.7 Å². The molecule has 0 radical (unpaired) electrons. The molecule has 0 aromatic heterocycles. The number of piperidine rings is 1. The highest BCUT2D eigenvalue weighted by Crippen LogP contribution is 2.27.